The van der Waals surface area contributed by atoms with E-state index in [4.69, 9.17) is 0 Å². The van der Waals surface area contributed by atoms with E-state index < -0.39 is 30.1 Å². The lowest BCUT2D eigenvalue weighted by atomic mass is 10.1. The van der Waals surface area contributed by atoms with Crippen molar-refractivity contribution < 1.29 is 22.8 Å². The summed E-state index contributed by atoms with van der Waals surface area (Å²) < 4.78 is 39.6. The van der Waals surface area contributed by atoms with Crippen LogP contribution in [0.4, 0.5) is 24.5 Å². The van der Waals surface area contributed by atoms with Gasteiger partial charge < -0.3 is 10.2 Å². The molecule has 4 nitrogen and oxygen atoms in total. The smallest absolute Gasteiger partial charge is 0.324 e. The maximum atomic E-state index is 13.2. The van der Waals surface area contributed by atoms with Crippen molar-refractivity contribution in [1.29, 1.82) is 0 Å². The number of carbonyl (C=O) groups excluding carboxylic acids is 2. The molecule has 0 bridgehead atoms. The van der Waals surface area contributed by atoms with Gasteiger partial charge in [0.05, 0.1) is 11.3 Å². The number of rotatable bonds is 4. The number of aryl methyl sites for hydroxylation is 2. The van der Waals surface area contributed by atoms with Crippen LogP contribution in [0.2, 0.25) is 0 Å². The number of hydrogen-bond donors (Lipinski definition) is 1. The van der Waals surface area contributed by atoms with E-state index in [-0.39, 0.29) is 5.69 Å². The predicted molar refractivity (Wildman–Crippen MR) is 94.0 cm³/mol. The first-order valence-electron chi connectivity index (χ1n) is 7.91. The molecule has 0 atom stereocenters. The molecule has 0 aromatic heterocycles. The molecule has 0 saturated carbocycles. The summed E-state index contributed by atoms with van der Waals surface area (Å²) in [6.45, 7) is 4.32. The van der Waals surface area contributed by atoms with Gasteiger partial charge in [-0.2, -0.15) is 13.2 Å². The van der Waals surface area contributed by atoms with Crippen LogP contribution in [0.25, 0.3) is 0 Å². The van der Waals surface area contributed by atoms with Crippen molar-refractivity contribution in [2.24, 2.45) is 0 Å². The SMILES string of the molecule is CC(=O)N(CC(=O)Nc1ccc(C)cc1C)c1ccccc1C(F)(F)F. The summed E-state index contributed by atoms with van der Waals surface area (Å²) >= 11 is 0. The lowest BCUT2D eigenvalue weighted by Gasteiger charge is -2.24. The molecule has 0 aliphatic rings. The van der Waals surface area contributed by atoms with Crippen molar-refractivity contribution in [3.8, 4) is 0 Å². The quantitative estimate of drug-likeness (QED) is 0.879. The molecule has 2 aromatic carbocycles. The van der Waals surface area contributed by atoms with Gasteiger partial charge in [-0.05, 0) is 37.6 Å². The van der Waals surface area contributed by atoms with Gasteiger partial charge in [0, 0.05) is 12.6 Å². The van der Waals surface area contributed by atoms with Gasteiger partial charge in [-0.3, -0.25) is 9.59 Å². The predicted octanol–water partition coefficient (Wildman–Crippen LogP) is 4.31. The topological polar surface area (TPSA) is 49.4 Å². The summed E-state index contributed by atoms with van der Waals surface area (Å²) in [5.41, 5.74) is 1.08. The summed E-state index contributed by atoms with van der Waals surface area (Å²) in [7, 11) is 0. The Labute approximate surface area is 149 Å². The van der Waals surface area contributed by atoms with Crippen LogP contribution in [-0.4, -0.2) is 18.4 Å². The fourth-order valence-corrected chi connectivity index (χ4v) is 2.60. The average Bonchev–Trinajstić information content (AvgIpc) is 2.54. The Bertz CT molecular complexity index is 832. The van der Waals surface area contributed by atoms with Gasteiger partial charge in [-0.1, -0.05) is 29.8 Å². The molecule has 138 valence electrons. The van der Waals surface area contributed by atoms with E-state index in [1.165, 1.54) is 18.2 Å². The fraction of sp³-hybridized carbons (Fsp3) is 0.263. The molecule has 0 spiro atoms. The first-order chi connectivity index (χ1) is 12.1. The molecule has 2 rings (SSSR count). The molecule has 1 N–H and O–H groups in total. The summed E-state index contributed by atoms with van der Waals surface area (Å²) in [5, 5.41) is 2.64. The van der Waals surface area contributed by atoms with Crippen molar-refractivity contribution in [2.75, 3.05) is 16.8 Å². The maximum absolute atomic E-state index is 13.2. The molecular weight excluding hydrogens is 345 g/mol. The zero-order chi connectivity index (χ0) is 19.5. The highest BCUT2D eigenvalue weighted by molar-refractivity contribution is 6.02. The number of carbonyl (C=O) groups is 2. The molecule has 0 aliphatic heterocycles. The third-order valence-electron chi connectivity index (χ3n) is 3.84. The van der Waals surface area contributed by atoms with E-state index in [0.29, 0.717) is 5.69 Å². The number of hydrogen-bond acceptors (Lipinski definition) is 2. The number of alkyl halides is 3. The van der Waals surface area contributed by atoms with E-state index in [9.17, 15) is 22.8 Å². The normalized spacial score (nSPS) is 11.2. The minimum absolute atomic E-state index is 0.344. The fourth-order valence-electron chi connectivity index (χ4n) is 2.60. The second kappa shape index (κ2) is 7.59. The second-order valence-corrected chi connectivity index (χ2v) is 5.99. The van der Waals surface area contributed by atoms with Crippen LogP contribution in [0.5, 0.6) is 0 Å². The van der Waals surface area contributed by atoms with E-state index >= 15 is 0 Å². The van der Waals surface area contributed by atoms with Crippen LogP contribution in [0, 0.1) is 13.8 Å². The van der Waals surface area contributed by atoms with Crippen LogP contribution < -0.4 is 10.2 Å². The molecule has 0 unspecified atom stereocenters. The molecule has 7 heteroatoms. The molecule has 2 amide bonds. The highest BCUT2D eigenvalue weighted by atomic mass is 19.4. The monoisotopic (exact) mass is 364 g/mol. The van der Waals surface area contributed by atoms with E-state index in [0.717, 1.165) is 29.0 Å². The minimum Gasteiger partial charge on any atom is -0.324 e. The molecule has 0 saturated heterocycles. The van der Waals surface area contributed by atoms with Gasteiger partial charge in [-0.25, -0.2) is 0 Å². The first kappa shape index (κ1) is 19.5. The third kappa shape index (κ3) is 4.62. The summed E-state index contributed by atoms with van der Waals surface area (Å²) in [6.07, 6.45) is -4.63. The minimum atomic E-state index is -4.63. The highest BCUT2D eigenvalue weighted by Gasteiger charge is 2.35. The third-order valence-corrected chi connectivity index (χ3v) is 3.84. The zero-order valence-electron chi connectivity index (χ0n) is 14.6. The van der Waals surface area contributed by atoms with Gasteiger partial charge in [0.15, 0.2) is 0 Å². The molecule has 2 aromatic rings. The second-order valence-electron chi connectivity index (χ2n) is 5.99. The van der Waals surface area contributed by atoms with Gasteiger partial charge in [0.2, 0.25) is 11.8 Å². The summed E-state index contributed by atoms with van der Waals surface area (Å²) in [6, 6.07) is 10.1. The molecule has 0 fully saturated rings. The van der Waals surface area contributed by atoms with Crippen molar-refractivity contribution in [2.45, 2.75) is 26.9 Å². The molecular formula is C19H19F3N2O2. The Morgan fingerprint density at radius 1 is 1.08 bits per heavy atom. The Hall–Kier alpha value is -2.83. The Morgan fingerprint density at radius 2 is 1.73 bits per heavy atom. The van der Waals surface area contributed by atoms with E-state index in [1.807, 2.05) is 26.0 Å². The van der Waals surface area contributed by atoms with Crippen molar-refractivity contribution >= 4 is 23.2 Å². The average molecular weight is 364 g/mol. The largest absolute Gasteiger partial charge is 0.418 e. The number of nitrogens with one attached hydrogen (secondary N) is 1. The van der Waals surface area contributed by atoms with E-state index in [1.54, 1.807) is 6.07 Å². The van der Waals surface area contributed by atoms with Gasteiger partial charge in [0.1, 0.15) is 6.54 Å². The van der Waals surface area contributed by atoms with Crippen LogP contribution >= 0.6 is 0 Å². The Morgan fingerprint density at radius 3 is 2.31 bits per heavy atom. The van der Waals surface area contributed by atoms with Crippen LogP contribution in [0.1, 0.15) is 23.6 Å². The number of halogens is 3. The molecule has 0 aliphatic carbocycles. The van der Waals surface area contributed by atoms with Crippen LogP contribution in [0.3, 0.4) is 0 Å². The molecule has 0 radical (unpaired) electrons. The Kier molecular flexibility index (Phi) is 5.69. The maximum Gasteiger partial charge on any atom is 0.418 e. The standard InChI is InChI=1S/C19H19F3N2O2/c1-12-8-9-16(13(2)10-12)23-18(26)11-24(14(3)25)17-7-5-4-6-15(17)19(20,21)22/h4-10H,11H2,1-3H3,(H,23,26). The van der Waals surface area contributed by atoms with Crippen LogP contribution in [-0.2, 0) is 15.8 Å². The lowest BCUT2D eigenvalue weighted by molar-refractivity contribution is -0.137. The summed E-state index contributed by atoms with van der Waals surface area (Å²) in [5.74, 6) is -1.23. The zero-order valence-corrected chi connectivity index (χ0v) is 14.6. The first-order valence-corrected chi connectivity index (χ1v) is 7.91. The van der Waals surface area contributed by atoms with Crippen molar-refractivity contribution in [3.05, 3.63) is 59.2 Å². The van der Waals surface area contributed by atoms with Gasteiger partial charge in [0.25, 0.3) is 0 Å². The highest BCUT2D eigenvalue weighted by Crippen LogP contribution is 2.36. The van der Waals surface area contributed by atoms with E-state index in [2.05, 4.69) is 5.32 Å². The van der Waals surface area contributed by atoms with Gasteiger partial charge >= 0.3 is 6.18 Å². The van der Waals surface area contributed by atoms with Gasteiger partial charge in [-0.15, -0.1) is 0 Å². The Balaban J connectivity index is 2.27. The van der Waals surface area contributed by atoms with Crippen LogP contribution in [0.15, 0.2) is 42.5 Å². The van der Waals surface area contributed by atoms with Crippen molar-refractivity contribution in [1.82, 2.24) is 0 Å². The number of amides is 2. The van der Waals surface area contributed by atoms with Crippen molar-refractivity contribution in [3.63, 3.8) is 0 Å². The molecule has 0 heterocycles. The molecule has 26 heavy (non-hydrogen) atoms. The lowest BCUT2D eigenvalue weighted by Crippen LogP contribution is -2.38. The number of benzene rings is 2. The number of nitrogens with zero attached hydrogens (tertiary/aromatic N) is 1. The number of anilines is 2. The summed E-state index contributed by atoms with van der Waals surface area (Å²) in [4.78, 5) is 25.0. The number of para-hydroxylation sites is 1.